The average Bonchev–Trinajstić information content (AvgIpc) is 2.48. The molecule has 1 aromatic carbocycles. The summed E-state index contributed by atoms with van der Waals surface area (Å²) >= 11 is 6.58. The molecule has 1 N–H and O–H groups in total. The van der Waals surface area contributed by atoms with Crippen molar-refractivity contribution >= 4 is 22.5 Å². The summed E-state index contributed by atoms with van der Waals surface area (Å²) in [5, 5.41) is 5.42. The van der Waals surface area contributed by atoms with Crippen LogP contribution in [0.4, 0.5) is 0 Å². The molecule has 2 unspecified atom stereocenters. The zero-order chi connectivity index (χ0) is 15.0. The second-order valence-electron chi connectivity index (χ2n) is 6.04. The maximum atomic E-state index is 6.58. The standard InChI is InChI=1S/C17H22ClN3/c1-11-8-19-9-12(2)21(11)10-16-17(18)13(3)14-6-4-5-7-15(14)20-16/h4-7,11-12,19H,8-10H2,1-3H3. The number of rotatable bonds is 2. The third kappa shape index (κ3) is 2.78. The Labute approximate surface area is 131 Å². The fraction of sp³-hybridized carbons (Fsp3) is 0.471. The van der Waals surface area contributed by atoms with E-state index in [2.05, 4.69) is 43.1 Å². The first-order valence-corrected chi connectivity index (χ1v) is 7.96. The molecule has 2 atom stereocenters. The Morgan fingerprint density at radius 1 is 1.24 bits per heavy atom. The Balaban J connectivity index is 1.98. The summed E-state index contributed by atoms with van der Waals surface area (Å²) < 4.78 is 0. The van der Waals surface area contributed by atoms with Crippen molar-refractivity contribution in [2.45, 2.75) is 39.4 Å². The number of para-hydroxylation sites is 1. The molecule has 2 aromatic rings. The van der Waals surface area contributed by atoms with E-state index in [1.807, 2.05) is 12.1 Å². The van der Waals surface area contributed by atoms with Gasteiger partial charge in [-0.2, -0.15) is 0 Å². The fourth-order valence-electron chi connectivity index (χ4n) is 3.18. The summed E-state index contributed by atoms with van der Waals surface area (Å²) in [5.41, 5.74) is 3.16. The van der Waals surface area contributed by atoms with Gasteiger partial charge in [0, 0.05) is 37.1 Å². The Hall–Kier alpha value is -1.16. The van der Waals surface area contributed by atoms with E-state index in [0.717, 1.165) is 46.8 Å². The number of hydrogen-bond acceptors (Lipinski definition) is 3. The molecule has 0 aliphatic carbocycles. The van der Waals surface area contributed by atoms with Crippen molar-refractivity contribution in [2.75, 3.05) is 13.1 Å². The van der Waals surface area contributed by atoms with Crippen LogP contribution in [0.25, 0.3) is 10.9 Å². The number of benzene rings is 1. The zero-order valence-electron chi connectivity index (χ0n) is 12.9. The summed E-state index contributed by atoms with van der Waals surface area (Å²) in [6, 6.07) is 9.21. The first-order chi connectivity index (χ1) is 10.1. The Morgan fingerprint density at radius 3 is 2.62 bits per heavy atom. The van der Waals surface area contributed by atoms with E-state index >= 15 is 0 Å². The predicted molar refractivity (Wildman–Crippen MR) is 88.8 cm³/mol. The SMILES string of the molecule is Cc1c(Cl)c(CN2C(C)CNCC2C)nc2ccccc12. The highest BCUT2D eigenvalue weighted by atomic mass is 35.5. The van der Waals surface area contributed by atoms with Crippen LogP contribution in [0.3, 0.4) is 0 Å². The predicted octanol–water partition coefficient (Wildman–Crippen LogP) is 3.38. The summed E-state index contributed by atoms with van der Waals surface area (Å²) in [4.78, 5) is 7.29. The first kappa shape index (κ1) is 14.8. The van der Waals surface area contributed by atoms with Crippen LogP contribution in [0.2, 0.25) is 5.02 Å². The number of hydrogen-bond donors (Lipinski definition) is 1. The minimum Gasteiger partial charge on any atom is -0.314 e. The second-order valence-corrected chi connectivity index (χ2v) is 6.42. The molecule has 2 heterocycles. The Kier molecular flexibility index (Phi) is 4.16. The molecule has 112 valence electrons. The molecule has 4 heteroatoms. The minimum atomic E-state index is 0.499. The molecule has 1 saturated heterocycles. The van der Waals surface area contributed by atoms with E-state index in [0.29, 0.717) is 12.1 Å². The highest BCUT2D eigenvalue weighted by Gasteiger charge is 2.26. The van der Waals surface area contributed by atoms with Crippen LogP contribution in [0.5, 0.6) is 0 Å². The Morgan fingerprint density at radius 2 is 1.90 bits per heavy atom. The van der Waals surface area contributed by atoms with Crippen molar-refractivity contribution in [1.29, 1.82) is 0 Å². The third-order valence-electron chi connectivity index (χ3n) is 4.49. The highest BCUT2D eigenvalue weighted by molar-refractivity contribution is 6.32. The lowest BCUT2D eigenvalue weighted by Crippen LogP contribution is -2.54. The van der Waals surface area contributed by atoms with E-state index in [9.17, 15) is 0 Å². The van der Waals surface area contributed by atoms with Crippen LogP contribution in [-0.4, -0.2) is 35.1 Å². The number of halogens is 1. The lowest BCUT2D eigenvalue weighted by atomic mass is 10.1. The number of piperazine rings is 1. The van der Waals surface area contributed by atoms with Gasteiger partial charge in [0.25, 0.3) is 0 Å². The van der Waals surface area contributed by atoms with Gasteiger partial charge in [-0.3, -0.25) is 4.90 Å². The maximum Gasteiger partial charge on any atom is 0.0740 e. The number of aromatic nitrogens is 1. The number of fused-ring (bicyclic) bond motifs is 1. The van der Waals surface area contributed by atoms with Crippen molar-refractivity contribution < 1.29 is 0 Å². The maximum absolute atomic E-state index is 6.58. The van der Waals surface area contributed by atoms with Gasteiger partial charge < -0.3 is 5.32 Å². The zero-order valence-corrected chi connectivity index (χ0v) is 13.6. The van der Waals surface area contributed by atoms with Gasteiger partial charge in [-0.1, -0.05) is 29.8 Å². The molecule has 3 nitrogen and oxygen atoms in total. The largest absolute Gasteiger partial charge is 0.314 e. The van der Waals surface area contributed by atoms with Crippen molar-refractivity contribution in [3.05, 3.63) is 40.5 Å². The van der Waals surface area contributed by atoms with Crippen LogP contribution in [0, 0.1) is 6.92 Å². The quantitative estimate of drug-likeness (QED) is 0.922. The normalized spacial score (nSPS) is 23.6. The summed E-state index contributed by atoms with van der Waals surface area (Å²) in [6.45, 7) is 9.45. The van der Waals surface area contributed by atoms with Crippen molar-refractivity contribution in [1.82, 2.24) is 15.2 Å². The lowest BCUT2D eigenvalue weighted by Gasteiger charge is -2.39. The second kappa shape index (κ2) is 5.91. The third-order valence-corrected chi connectivity index (χ3v) is 4.99. The molecule has 0 spiro atoms. The summed E-state index contributed by atoms with van der Waals surface area (Å²) in [7, 11) is 0. The molecule has 0 radical (unpaired) electrons. The van der Waals surface area contributed by atoms with Gasteiger partial charge in [0.1, 0.15) is 0 Å². The molecular formula is C17H22ClN3. The van der Waals surface area contributed by atoms with Crippen molar-refractivity contribution in [2.24, 2.45) is 0 Å². The molecule has 1 fully saturated rings. The fourth-order valence-corrected chi connectivity index (χ4v) is 3.38. The van der Waals surface area contributed by atoms with E-state index < -0.39 is 0 Å². The average molecular weight is 304 g/mol. The molecule has 0 saturated carbocycles. The number of nitrogens with one attached hydrogen (secondary N) is 1. The number of nitrogens with zero attached hydrogens (tertiary/aromatic N) is 2. The summed E-state index contributed by atoms with van der Waals surface area (Å²) in [5.74, 6) is 0. The Bertz CT molecular complexity index is 646. The molecule has 21 heavy (non-hydrogen) atoms. The number of pyridine rings is 1. The van der Waals surface area contributed by atoms with Crippen LogP contribution in [0.15, 0.2) is 24.3 Å². The van der Waals surface area contributed by atoms with Gasteiger partial charge in [-0.15, -0.1) is 0 Å². The molecule has 1 aromatic heterocycles. The lowest BCUT2D eigenvalue weighted by molar-refractivity contribution is 0.107. The van der Waals surface area contributed by atoms with Crippen molar-refractivity contribution in [3.63, 3.8) is 0 Å². The molecule has 3 rings (SSSR count). The van der Waals surface area contributed by atoms with Gasteiger partial charge in [-0.25, -0.2) is 4.98 Å². The van der Waals surface area contributed by atoms with Crippen LogP contribution in [0.1, 0.15) is 25.1 Å². The number of aryl methyl sites for hydroxylation is 1. The van der Waals surface area contributed by atoms with Gasteiger partial charge in [0.15, 0.2) is 0 Å². The smallest absolute Gasteiger partial charge is 0.0740 e. The minimum absolute atomic E-state index is 0.499. The van der Waals surface area contributed by atoms with E-state index in [-0.39, 0.29) is 0 Å². The van der Waals surface area contributed by atoms with Gasteiger partial charge in [0.05, 0.1) is 16.2 Å². The van der Waals surface area contributed by atoms with E-state index in [4.69, 9.17) is 16.6 Å². The molecule has 1 aliphatic heterocycles. The van der Waals surface area contributed by atoms with E-state index in [1.54, 1.807) is 0 Å². The van der Waals surface area contributed by atoms with E-state index in [1.165, 1.54) is 0 Å². The highest BCUT2D eigenvalue weighted by Crippen LogP contribution is 2.28. The monoisotopic (exact) mass is 303 g/mol. The first-order valence-electron chi connectivity index (χ1n) is 7.58. The van der Waals surface area contributed by atoms with Crippen LogP contribution in [-0.2, 0) is 6.54 Å². The molecular weight excluding hydrogens is 282 g/mol. The summed E-state index contributed by atoms with van der Waals surface area (Å²) in [6.07, 6.45) is 0. The van der Waals surface area contributed by atoms with Crippen LogP contribution >= 0.6 is 11.6 Å². The van der Waals surface area contributed by atoms with Crippen LogP contribution < -0.4 is 5.32 Å². The molecule has 1 aliphatic rings. The van der Waals surface area contributed by atoms with Gasteiger partial charge in [0.2, 0.25) is 0 Å². The van der Waals surface area contributed by atoms with Crippen molar-refractivity contribution in [3.8, 4) is 0 Å². The topological polar surface area (TPSA) is 28.2 Å². The molecule has 0 amide bonds. The van der Waals surface area contributed by atoms with Gasteiger partial charge in [-0.05, 0) is 32.4 Å². The van der Waals surface area contributed by atoms with Gasteiger partial charge >= 0.3 is 0 Å². The molecule has 0 bridgehead atoms.